The molecule has 96 valence electrons. The van der Waals surface area contributed by atoms with Crippen LogP contribution < -0.4 is 15.2 Å². The smallest absolute Gasteiger partial charge is 0.216 e. The van der Waals surface area contributed by atoms with Crippen LogP contribution in [0, 0.1) is 19.3 Å². The molecule has 0 saturated carbocycles. The topological polar surface area (TPSA) is 83.2 Å². The summed E-state index contributed by atoms with van der Waals surface area (Å²) in [6.07, 6.45) is 8.36. The third-order valence-electron chi connectivity index (χ3n) is 2.33. The summed E-state index contributed by atoms with van der Waals surface area (Å²) in [6.45, 7) is 1.74. The van der Waals surface area contributed by atoms with E-state index in [1.54, 1.807) is 13.0 Å². The number of hydrogen-bond donors (Lipinski definition) is 1. The molecule has 2 N–H and O–H groups in total. The molecule has 2 aromatic heterocycles. The summed E-state index contributed by atoms with van der Waals surface area (Å²) in [5.74, 6) is 4.41. The van der Waals surface area contributed by atoms with E-state index in [1.807, 2.05) is 0 Å². The van der Waals surface area contributed by atoms with E-state index in [4.69, 9.17) is 21.6 Å². The average molecular weight is 256 g/mol. The molecule has 0 aromatic carbocycles. The van der Waals surface area contributed by atoms with Gasteiger partial charge in [0.1, 0.15) is 11.6 Å². The van der Waals surface area contributed by atoms with E-state index in [-0.39, 0.29) is 5.82 Å². The predicted octanol–water partition coefficient (Wildman–Crippen LogP) is 1.54. The zero-order valence-corrected chi connectivity index (χ0v) is 10.5. The maximum absolute atomic E-state index is 5.76. The number of rotatable bonds is 3. The van der Waals surface area contributed by atoms with Crippen LogP contribution in [-0.4, -0.2) is 22.1 Å². The number of ether oxygens (including phenoxy) is 2. The van der Waals surface area contributed by atoms with Crippen LogP contribution in [0.2, 0.25) is 0 Å². The largest absolute Gasteiger partial charge is 0.481 e. The Balaban J connectivity index is 2.39. The molecule has 19 heavy (non-hydrogen) atoms. The van der Waals surface area contributed by atoms with Crippen LogP contribution >= 0.6 is 0 Å². The van der Waals surface area contributed by atoms with Gasteiger partial charge in [0, 0.05) is 6.07 Å². The van der Waals surface area contributed by atoms with Gasteiger partial charge in [0.15, 0.2) is 11.6 Å². The van der Waals surface area contributed by atoms with Crippen molar-refractivity contribution < 1.29 is 9.47 Å². The normalized spacial score (nSPS) is 9.74. The molecule has 0 bridgehead atoms. The second kappa shape index (κ2) is 5.23. The molecule has 0 amide bonds. The fourth-order valence-electron chi connectivity index (χ4n) is 1.40. The van der Waals surface area contributed by atoms with Crippen LogP contribution in [0.1, 0.15) is 11.4 Å². The van der Waals surface area contributed by atoms with Crippen LogP contribution in [0.25, 0.3) is 0 Å². The zero-order valence-electron chi connectivity index (χ0n) is 10.5. The summed E-state index contributed by atoms with van der Waals surface area (Å²) in [6, 6.07) is 1.58. The highest BCUT2D eigenvalue weighted by molar-refractivity contribution is 5.51. The van der Waals surface area contributed by atoms with Crippen LogP contribution in [0.3, 0.4) is 0 Å². The number of hydrogen-bond acceptors (Lipinski definition) is 6. The summed E-state index contributed by atoms with van der Waals surface area (Å²) in [5, 5.41) is 0. The molecule has 0 aliphatic heterocycles. The lowest BCUT2D eigenvalue weighted by atomic mass is 10.2. The number of nitrogens with two attached hydrogens (primary N) is 1. The van der Waals surface area contributed by atoms with Crippen molar-refractivity contribution in [2.75, 3.05) is 12.8 Å². The molecule has 2 aromatic rings. The minimum atomic E-state index is 0.242. The number of aryl methyl sites for hydroxylation is 1. The Kier molecular flexibility index (Phi) is 3.48. The highest BCUT2D eigenvalue weighted by atomic mass is 16.5. The summed E-state index contributed by atoms with van der Waals surface area (Å²) >= 11 is 0. The van der Waals surface area contributed by atoms with Gasteiger partial charge in [-0.3, -0.25) is 0 Å². The van der Waals surface area contributed by atoms with E-state index in [2.05, 4.69) is 20.9 Å². The molecule has 0 atom stereocenters. The number of methoxy groups -OCH3 is 1. The van der Waals surface area contributed by atoms with E-state index in [1.165, 1.54) is 19.5 Å². The lowest BCUT2D eigenvalue weighted by Gasteiger charge is -2.10. The van der Waals surface area contributed by atoms with Crippen molar-refractivity contribution >= 4 is 5.82 Å². The maximum atomic E-state index is 5.76. The number of anilines is 1. The van der Waals surface area contributed by atoms with Crippen LogP contribution in [-0.2, 0) is 0 Å². The van der Waals surface area contributed by atoms with Crippen LogP contribution in [0.5, 0.6) is 17.4 Å². The Hall–Kier alpha value is -2.81. The molecule has 0 saturated heterocycles. The zero-order chi connectivity index (χ0) is 13.8. The first-order valence-electron chi connectivity index (χ1n) is 5.41. The molecular formula is C13H12N4O2. The van der Waals surface area contributed by atoms with Gasteiger partial charge in [-0.1, -0.05) is 5.92 Å². The lowest BCUT2D eigenvalue weighted by Crippen LogP contribution is -2.00. The summed E-state index contributed by atoms with van der Waals surface area (Å²) < 4.78 is 10.6. The van der Waals surface area contributed by atoms with Gasteiger partial charge < -0.3 is 15.2 Å². The van der Waals surface area contributed by atoms with Gasteiger partial charge in [-0.05, 0) is 6.92 Å². The summed E-state index contributed by atoms with van der Waals surface area (Å²) in [7, 11) is 1.50. The predicted molar refractivity (Wildman–Crippen MR) is 70.0 cm³/mol. The molecular weight excluding hydrogens is 244 g/mol. The second-order valence-corrected chi connectivity index (χ2v) is 3.64. The van der Waals surface area contributed by atoms with E-state index >= 15 is 0 Å². The van der Waals surface area contributed by atoms with E-state index < -0.39 is 0 Å². The van der Waals surface area contributed by atoms with Crippen LogP contribution in [0.15, 0.2) is 18.5 Å². The molecule has 0 radical (unpaired) electrons. The van der Waals surface area contributed by atoms with E-state index in [0.29, 0.717) is 28.8 Å². The van der Waals surface area contributed by atoms with Gasteiger partial charge in [-0.2, -0.15) is 0 Å². The number of nitrogen functional groups attached to an aromatic ring is 1. The van der Waals surface area contributed by atoms with E-state index in [0.717, 1.165) is 0 Å². The minimum Gasteiger partial charge on any atom is -0.481 e. The molecule has 2 rings (SSSR count). The highest BCUT2D eigenvalue weighted by Gasteiger charge is 2.10. The Bertz CT molecular complexity index is 650. The van der Waals surface area contributed by atoms with Gasteiger partial charge >= 0.3 is 0 Å². The lowest BCUT2D eigenvalue weighted by molar-refractivity contribution is 0.392. The Morgan fingerprint density at radius 1 is 1.26 bits per heavy atom. The van der Waals surface area contributed by atoms with Gasteiger partial charge in [0.05, 0.1) is 25.1 Å². The molecule has 0 spiro atoms. The van der Waals surface area contributed by atoms with Crippen molar-refractivity contribution in [1.29, 1.82) is 0 Å². The minimum absolute atomic E-state index is 0.242. The van der Waals surface area contributed by atoms with Crippen molar-refractivity contribution in [1.82, 2.24) is 15.0 Å². The monoisotopic (exact) mass is 256 g/mol. The highest BCUT2D eigenvalue weighted by Crippen LogP contribution is 2.29. The summed E-state index contributed by atoms with van der Waals surface area (Å²) in [4.78, 5) is 12.0. The first kappa shape index (κ1) is 12.6. The number of aromatic nitrogens is 3. The molecule has 2 heterocycles. The average Bonchev–Trinajstić information content (AvgIpc) is 2.41. The van der Waals surface area contributed by atoms with Crippen molar-refractivity contribution in [3.8, 4) is 29.7 Å². The standard InChI is InChI=1S/C13H12N4O2/c1-4-9-6-16-12(18-3)5-10(9)19-11-7-15-8(2)17-13(11)14/h1,5-7H,2-3H3,(H2,14,15,17). The Labute approximate surface area is 110 Å². The van der Waals surface area contributed by atoms with Crippen molar-refractivity contribution in [3.05, 3.63) is 29.8 Å². The number of terminal acetylenes is 1. The third kappa shape index (κ3) is 2.72. The van der Waals surface area contributed by atoms with Crippen molar-refractivity contribution in [2.45, 2.75) is 6.92 Å². The fourth-order valence-corrected chi connectivity index (χ4v) is 1.40. The van der Waals surface area contributed by atoms with Crippen molar-refractivity contribution in [2.24, 2.45) is 0 Å². The van der Waals surface area contributed by atoms with Gasteiger partial charge in [-0.15, -0.1) is 6.42 Å². The Morgan fingerprint density at radius 3 is 2.68 bits per heavy atom. The van der Waals surface area contributed by atoms with Crippen molar-refractivity contribution in [3.63, 3.8) is 0 Å². The van der Waals surface area contributed by atoms with Gasteiger partial charge in [-0.25, -0.2) is 15.0 Å². The molecule has 6 nitrogen and oxygen atoms in total. The number of nitrogens with zero attached hydrogens (tertiary/aromatic N) is 3. The first-order chi connectivity index (χ1) is 9.13. The maximum Gasteiger partial charge on any atom is 0.216 e. The molecule has 0 aliphatic rings. The number of pyridine rings is 1. The SMILES string of the molecule is C#Cc1cnc(OC)cc1Oc1cnc(C)nc1N. The molecule has 6 heteroatoms. The molecule has 0 unspecified atom stereocenters. The molecule has 0 fully saturated rings. The third-order valence-corrected chi connectivity index (χ3v) is 2.33. The first-order valence-corrected chi connectivity index (χ1v) is 5.41. The van der Waals surface area contributed by atoms with Gasteiger partial charge in [0.2, 0.25) is 5.88 Å². The van der Waals surface area contributed by atoms with Crippen LogP contribution in [0.4, 0.5) is 5.82 Å². The quantitative estimate of drug-likeness (QED) is 0.839. The molecule has 0 aliphatic carbocycles. The second-order valence-electron chi connectivity index (χ2n) is 3.64. The van der Waals surface area contributed by atoms with Gasteiger partial charge in [0.25, 0.3) is 0 Å². The Morgan fingerprint density at radius 2 is 2.05 bits per heavy atom. The summed E-state index contributed by atoms with van der Waals surface area (Å²) in [5.41, 5.74) is 6.24. The fraction of sp³-hybridized carbons (Fsp3) is 0.154. The van der Waals surface area contributed by atoms with E-state index in [9.17, 15) is 0 Å².